The van der Waals surface area contributed by atoms with Crippen molar-refractivity contribution in [1.82, 2.24) is 15.1 Å². The van der Waals surface area contributed by atoms with Crippen LogP contribution in [0.4, 0.5) is 11.5 Å². The minimum absolute atomic E-state index is 0.0709. The summed E-state index contributed by atoms with van der Waals surface area (Å²) in [5, 5.41) is 20.3. The fraction of sp³-hybridized carbons (Fsp3) is 0.333. The Morgan fingerprint density at radius 2 is 1.96 bits per heavy atom. The maximum Gasteiger partial charge on any atom is 0.274 e. The molecule has 122 valence electrons. The van der Waals surface area contributed by atoms with Crippen molar-refractivity contribution in [1.29, 1.82) is 5.26 Å². The van der Waals surface area contributed by atoms with Crippen LogP contribution in [-0.4, -0.2) is 34.1 Å². The Hall–Kier alpha value is -2.94. The van der Waals surface area contributed by atoms with Gasteiger partial charge in [0.25, 0.3) is 5.91 Å². The molecule has 1 amide bonds. The number of rotatable bonds is 3. The van der Waals surface area contributed by atoms with E-state index in [2.05, 4.69) is 28.5 Å². The second kappa shape index (κ2) is 7.09. The van der Waals surface area contributed by atoms with Crippen LogP contribution in [0.2, 0.25) is 0 Å². The number of para-hydroxylation sites is 1. The van der Waals surface area contributed by atoms with Crippen LogP contribution in [0.5, 0.6) is 0 Å². The van der Waals surface area contributed by atoms with Crippen LogP contribution in [0.15, 0.2) is 36.4 Å². The molecule has 0 bridgehead atoms. The number of carbonyl (C=O) groups is 1. The zero-order valence-electron chi connectivity index (χ0n) is 13.6. The largest absolute Gasteiger partial charge is 0.338 e. The maximum absolute atomic E-state index is 12.4. The van der Waals surface area contributed by atoms with Crippen molar-refractivity contribution in [3.8, 4) is 6.07 Å². The first-order chi connectivity index (χ1) is 11.7. The Morgan fingerprint density at radius 1 is 1.21 bits per heavy atom. The van der Waals surface area contributed by atoms with Crippen molar-refractivity contribution >= 4 is 17.4 Å². The average Bonchev–Trinajstić information content (AvgIpc) is 2.63. The fourth-order valence-electron chi connectivity index (χ4n) is 2.71. The zero-order chi connectivity index (χ0) is 16.9. The molecule has 1 aliphatic heterocycles. The first-order valence-electron chi connectivity index (χ1n) is 8.06. The van der Waals surface area contributed by atoms with Gasteiger partial charge in [-0.2, -0.15) is 5.26 Å². The number of carbonyl (C=O) groups excluding carboxylic acids is 1. The molecule has 0 radical (unpaired) electrons. The fourth-order valence-corrected chi connectivity index (χ4v) is 2.71. The van der Waals surface area contributed by atoms with E-state index >= 15 is 0 Å². The highest BCUT2D eigenvalue weighted by atomic mass is 16.2. The molecule has 1 aliphatic rings. The number of hydrogen-bond donors (Lipinski definition) is 1. The van der Waals surface area contributed by atoms with Gasteiger partial charge in [0.15, 0.2) is 11.5 Å². The van der Waals surface area contributed by atoms with E-state index in [9.17, 15) is 4.79 Å². The number of nitrogens with one attached hydrogen (secondary N) is 1. The van der Waals surface area contributed by atoms with Gasteiger partial charge in [0.1, 0.15) is 6.07 Å². The molecular weight excluding hydrogens is 302 g/mol. The standard InChI is InChI=1S/C18H19N5O/c1-13-8-10-23(11-9-13)18(24)16-6-7-17(22-21-16)20-15-5-3-2-4-14(15)12-19/h2-7,13H,8-11H2,1H3,(H,20,22). The van der Waals surface area contributed by atoms with Gasteiger partial charge in [0.05, 0.1) is 11.3 Å². The smallest absolute Gasteiger partial charge is 0.274 e. The molecule has 0 unspecified atom stereocenters. The quantitative estimate of drug-likeness (QED) is 0.940. The van der Waals surface area contributed by atoms with Gasteiger partial charge in [-0.1, -0.05) is 19.1 Å². The monoisotopic (exact) mass is 321 g/mol. The molecule has 0 saturated carbocycles. The number of anilines is 2. The number of aromatic nitrogens is 2. The average molecular weight is 321 g/mol. The Labute approximate surface area is 141 Å². The summed E-state index contributed by atoms with van der Waals surface area (Å²) in [7, 11) is 0. The molecule has 6 nitrogen and oxygen atoms in total. The van der Waals surface area contributed by atoms with Gasteiger partial charge >= 0.3 is 0 Å². The van der Waals surface area contributed by atoms with Gasteiger partial charge in [-0.15, -0.1) is 10.2 Å². The van der Waals surface area contributed by atoms with Crippen LogP contribution in [-0.2, 0) is 0 Å². The van der Waals surface area contributed by atoms with E-state index in [1.807, 2.05) is 11.0 Å². The first kappa shape index (κ1) is 15.9. The van der Waals surface area contributed by atoms with Gasteiger partial charge in [-0.3, -0.25) is 4.79 Å². The van der Waals surface area contributed by atoms with Crippen LogP contribution in [0.25, 0.3) is 0 Å². The normalized spacial score (nSPS) is 14.9. The van der Waals surface area contributed by atoms with Gasteiger partial charge in [0, 0.05) is 13.1 Å². The van der Waals surface area contributed by atoms with Gasteiger partial charge < -0.3 is 10.2 Å². The molecule has 1 aromatic carbocycles. The van der Waals surface area contributed by atoms with Crippen molar-refractivity contribution in [3.63, 3.8) is 0 Å². The van der Waals surface area contributed by atoms with Gasteiger partial charge in [0.2, 0.25) is 0 Å². The maximum atomic E-state index is 12.4. The van der Waals surface area contributed by atoms with Crippen molar-refractivity contribution in [2.75, 3.05) is 18.4 Å². The summed E-state index contributed by atoms with van der Waals surface area (Å²) < 4.78 is 0. The summed E-state index contributed by atoms with van der Waals surface area (Å²) in [6, 6.07) is 12.7. The lowest BCUT2D eigenvalue weighted by Crippen LogP contribution is -2.38. The molecule has 2 heterocycles. The Bertz CT molecular complexity index is 758. The summed E-state index contributed by atoms with van der Waals surface area (Å²) in [6.45, 7) is 3.76. The minimum Gasteiger partial charge on any atom is -0.338 e. The third-order valence-corrected chi connectivity index (χ3v) is 4.26. The molecule has 24 heavy (non-hydrogen) atoms. The molecule has 1 aromatic heterocycles. The predicted octanol–water partition coefficient (Wildman–Crippen LogP) is 2.96. The molecule has 1 N–H and O–H groups in total. The van der Waals surface area contributed by atoms with E-state index in [0.717, 1.165) is 25.9 Å². The molecule has 0 spiro atoms. The third-order valence-electron chi connectivity index (χ3n) is 4.26. The lowest BCUT2D eigenvalue weighted by Gasteiger charge is -2.29. The van der Waals surface area contributed by atoms with Gasteiger partial charge in [-0.05, 0) is 43.0 Å². The number of nitrogens with zero attached hydrogens (tertiary/aromatic N) is 4. The molecule has 0 aliphatic carbocycles. The Morgan fingerprint density at radius 3 is 2.62 bits per heavy atom. The highest BCUT2D eigenvalue weighted by molar-refractivity contribution is 5.92. The lowest BCUT2D eigenvalue weighted by molar-refractivity contribution is 0.0690. The van der Waals surface area contributed by atoms with Crippen LogP contribution in [0.3, 0.4) is 0 Å². The van der Waals surface area contributed by atoms with Crippen molar-refractivity contribution in [3.05, 3.63) is 47.7 Å². The molecule has 0 atom stereocenters. The Kier molecular flexibility index (Phi) is 4.71. The SMILES string of the molecule is CC1CCN(C(=O)c2ccc(Nc3ccccc3C#N)nn2)CC1. The van der Waals surface area contributed by atoms with Crippen LogP contribution < -0.4 is 5.32 Å². The van der Waals surface area contributed by atoms with E-state index in [4.69, 9.17) is 5.26 Å². The molecular formula is C18H19N5O. The third kappa shape index (κ3) is 3.51. The van der Waals surface area contributed by atoms with E-state index in [1.54, 1.807) is 30.3 Å². The number of piperidine rings is 1. The van der Waals surface area contributed by atoms with E-state index in [-0.39, 0.29) is 5.91 Å². The molecule has 1 saturated heterocycles. The second-order valence-electron chi connectivity index (χ2n) is 6.06. The number of amides is 1. The molecule has 3 rings (SSSR count). The van der Waals surface area contributed by atoms with Crippen LogP contribution in [0.1, 0.15) is 35.8 Å². The first-order valence-corrected chi connectivity index (χ1v) is 8.06. The summed E-state index contributed by atoms with van der Waals surface area (Å²) >= 11 is 0. The molecule has 1 fully saturated rings. The number of nitriles is 1. The molecule has 6 heteroatoms. The van der Waals surface area contributed by atoms with E-state index in [0.29, 0.717) is 28.7 Å². The summed E-state index contributed by atoms with van der Waals surface area (Å²) in [4.78, 5) is 14.3. The summed E-state index contributed by atoms with van der Waals surface area (Å²) in [5.74, 6) is 1.10. The number of hydrogen-bond acceptors (Lipinski definition) is 5. The number of likely N-dealkylation sites (tertiary alicyclic amines) is 1. The van der Waals surface area contributed by atoms with Crippen LogP contribution in [0, 0.1) is 17.2 Å². The number of benzene rings is 1. The topological polar surface area (TPSA) is 81.9 Å². The van der Waals surface area contributed by atoms with Crippen molar-refractivity contribution in [2.45, 2.75) is 19.8 Å². The highest BCUT2D eigenvalue weighted by Gasteiger charge is 2.22. The molecule has 2 aromatic rings. The highest BCUT2D eigenvalue weighted by Crippen LogP contribution is 2.20. The predicted molar refractivity (Wildman–Crippen MR) is 90.8 cm³/mol. The lowest BCUT2D eigenvalue weighted by atomic mass is 9.99. The van der Waals surface area contributed by atoms with E-state index < -0.39 is 0 Å². The second-order valence-corrected chi connectivity index (χ2v) is 6.06. The van der Waals surface area contributed by atoms with Crippen molar-refractivity contribution < 1.29 is 4.79 Å². The van der Waals surface area contributed by atoms with Gasteiger partial charge in [-0.25, -0.2) is 0 Å². The minimum atomic E-state index is -0.0709. The van der Waals surface area contributed by atoms with E-state index in [1.165, 1.54) is 0 Å². The van der Waals surface area contributed by atoms with Crippen LogP contribution >= 0.6 is 0 Å². The zero-order valence-corrected chi connectivity index (χ0v) is 13.6. The van der Waals surface area contributed by atoms with Crippen molar-refractivity contribution in [2.24, 2.45) is 5.92 Å². The summed E-state index contributed by atoms with van der Waals surface area (Å²) in [6.07, 6.45) is 2.06. The summed E-state index contributed by atoms with van der Waals surface area (Å²) in [5.41, 5.74) is 1.55. The Balaban J connectivity index is 1.69.